The third-order valence-electron chi connectivity index (χ3n) is 3.00. The molecule has 21 heavy (non-hydrogen) atoms. The summed E-state index contributed by atoms with van der Waals surface area (Å²) < 4.78 is 28.5. The van der Waals surface area contributed by atoms with E-state index < -0.39 is 10.0 Å². The maximum absolute atomic E-state index is 12.2. The SMILES string of the molecule is CCC(=O)c1cccc(S(=O)(=O)NCc2ccn(C)n2)c1. The molecule has 0 saturated heterocycles. The second-order valence-corrected chi connectivity index (χ2v) is 6.38. The summed E-state index contributed by atoms with van der Waals surface area (Å²) in [5, 5.41) is 4.10. The van der Waals surface area contributed by atoms with Crippen molar-refractivity contribution < 1.29 is 13.2 Å². The topological polar surface area (TPSA) is 81.1 Å². The minimum absolute atomic E-state index is 0.0812. The van der Waals surface area contributed by atoms with Gasteiger partial charge in [0.15, 0.2) is 5.78 Å². The first kappa shape index (κ1) is 15.4. The highest BCUT2D eigenvalue weighted by atomic mass is 32.2. The van der Waals surface area contributed by atoms with E-state index >= 15 is 0 Å². The van der Waals surface area contributed by atoms with Gasteiger partial charge in [-0.2, -0.15) is 5.10 Å². The van der Waals surface area contributed by atoms with Crippen LogP contribution in [0.25, 0.3) is 0 Å². The van der Waals surface area contributed by atoms with Crippen molar-refractivity contribution in [1.29, 1.82) is 0 Å². The molecule has 7 heteroatoms. The predicted octanol–water partition coefficient (Wildman–Crippen LogP) is 1.49. The van der Waals surface area contributed by atoms with E-state index in [-0.39, 0.29) is 17.2 Å². The van der Waals surface area contributed by atoms with Gasteiger partial charge in [-0.15, -0.1) is 0 Å². The molecule has 0 amide bonds. The summed E-state index contributed by atoms with van der Waals surface area (Å²) in [6.45, 7) is 1.85. The lowest BCUT2D eigenvalue weighted by atomic mass is 10.1. The standard InChI is InChI=1S/C14H17N3O3S/c1-3-14(18)11-5-4-6-13(9-11)21(19,20)15-10-12-7-8-17(2)16-12/h4-9,15H,3,10H2,1-2H3. The van der Waals surface area contributed by atoms with Crippen LogP contribution in [0.5, 0.6) is 0 Å². The van der Waals surface area contributed by atoms with Gasteiger partial charge in [-0.25, -0.2) is 13.1 Å². The molecule has 112 valence electrons. The molecule has 0 atom stereocenters. The number of hydrogen-bond acceptors (Lipinski definition) is 4. The Labute approximate surface area is 123 Å². The molecular formula is C14H17N3O3S. The lowest BCUT2D eigenvalue weighted by Crippen LogP contribution is -2.23. The second kappa shape index (κ2) is 6.19. The molecule has 0 spiro atoms. The smallest absolute Gasteiger partial charge is 0.240 e. The predicted molar refractivity (Wildman–Crippen MR) is 78.3 cm³/mol. The van der Waals surface area contributed by atoms with Crippen LogP contribution in [0.3, 0.4) is 0 Å². The third-order valence-corrected chi connectivity index (χ3v) is 4.40. The van der Waals surface area contributed by atoms with E-state index in [0.717, 1.165) is 0 Å². The Morgan fingerprint density at radius 1 is 1.33 bits per heavy atom. The van der Waals surface area contributed by atoms with E-state index in [1.807, 2.05) is 0 Å². The largest absolute Gasteiger partial charge is 0.294 e. The molecule has 0 aliphatic carbocycles. The van der Waals surface area contributed by atoms with Gasteiger partial charge in [0.25, 0.3) is 0 Å². The van der Waals surface area contributed by atoms with Gasteiger partial charge in [0.05, 0.1) is 17.1 Å². The molecule has 0 aliphatic rings. The molecule has 0 saturated carbocycles. The number of carbonyl (C=O) groups is 1. The number of carbonyl (C=O) groups excluding carboxylic acids is 1. The average molecular weight is 307 g/mol. The van der Waals surface area contributed by atoms with Crippen LogP contribution in [0.2, 0.25) is 0 Å². The van der Waals surface area contributed by atoms with Gasteiger partial charge < -0.3 is 0 Å². The van der Waals surface area contributed by atoms with Crippen molar-refractivity contribution in [3.8, 4) is 0 Å². The number of Topliss-reactive ketones (excluding diaryl/α,β-unsaturated/α-hetero) is 1. The molecular weight excluding hydrogens is 290 g/mol. The minimum atomic E-state index is -3.66. The van der Waals surface area contributed by atoms with Crippen molar-refractivity contribution in [3.05, 3.63) is 47.8 Å². The molecule has 1 aromatic carbocycles. The highest BCUT2D eigenvalue weighted by molar-refractivity contribution is 7.89. The second-order valence-electron chi connectivity index (χ2n) is 4.61. The molecule has 0 aliphatic heterocycles. The molecule has 0 unspecified atom stereocenters. The molecule has 1 N–H and O–H groups in total. The van der Waals surface area contributed by atoms with Crippen molar-refractivity contribution in [1.82, 2.24) is 14.5 Å². The van der Waals surface area contributed by atoms with Gasteiger partial charge in [0.2, 0.25) is 10.0 Å². The lowest BCUT2D eigenvalue weighted by Gasteiger charge is -2.07. The number of aromatic nitrogens is 2. The van der Waals surface area contributed by atoms with Crippen molar-refractivity contribution in [2.75, 3.05) is 0 Å². The van der Waals surface area contributed by atoms with E-state index in [2.05, 4.69) is 9.82 Å². The van der Waals surface area contributed by atoms with E-state index in [9.17, 15) is 13.2 Å². The van der Waals surface area contributed by atoms with E-state index in [1.54, 1.807) is 43.0 Å². The van der Waals surface area contributed by atoms with E-state index in [1.165, 1.54) is 12.1 Å². The van der Waals surface area contributed by atoms with Crippen LogP contribution in [0.15, 0.2) is 41.4 Å². The van der Waals surface area contributed by atoms with Crippen LogP contribution in [0, 0.1) is 0 Å². The minimum Gasteiger partial charge on any atom is -0.294 e. The Hall–Kier alpha value is -1.99. The molecule has 1 heterocycles. The number of ketones is 1. The number of rotatable bonds is 6. The monoisotopic (exact) mass is 307 g/mol. The maximum atomic E-state index is 12.2. The third kappa shape index (κ3) is 3.77. The molecule has 6 nitrogen and oxygen atoms in total. The van der Waals surface area contributed by atoms with Gasteiger partial charge in [-0.05, 0) is 18.2 Å². The van der Waals surface area contributed by atoms with Crippen LogP contribution in [0.4, 0.5) is 0 Å². The zero-order chi connectivity index (χ0) is 15.5. The fraction of sp³-hybridized carbons (Fsp3) is 0.286. The normalized spacial score (nSPS) is 11.5. The van der Waals surface area contributed by atoms with Gasteiger partial charge in [0, 0.05) is 25.2 Å². The van der Waals surface area contributed by atoms with Crippen molar-refractivity contribution >= 4 is 15.8 Å². The van der Waals surface area contributed by atoms with E-state index in [0.29, 0.717) is 17.7 Å². The summed E-state index contributed by atoms with van der Waals surface area (Å²) in [7, 11) is -1.90. The quantitative estimate of drug-likeness (QED) is 0.820. The van der Waals surface area contributed by atoms with Crippen molar-refractivity contribution in [2.45, 2.75) is 24.8 Å². The molecule has 2 aromatic rings. The lowest BCUT2D eigenvalue weighted by molar-refractivity contribution is 0.0988. The Balaban J connectivity index is 2.17. The van der Waals surface area contributed by atoms with Gasteiger partial charge in [-0.1, -0.05) is 19.1 Å². The Kier molecular flexibility index (Phi) is 4.54. The van der Waals surface area contributed by atoms with Gasteiger partial charge >= 0.3 is 0 Å². The van der Waals surface area contributed by atoms with Crippen LogP contribution < -0.4 is 4.72 Å². The summed E-state index contributed by atoms with van der Waals surface area (Å²) in [4.78, 5) is 11.7. The summed E-state index contributed by atoms with van der Waals surface area (Å²) in [5.74, 6) is -0.0863. The molecule has 2 rings (SSSR count). The number of sulfonamides is 1. The number of aryl methyl sites for hydroxylation is 1. The highest BCUT2D eigenvalue weighted by Gasteiger charge is 2.16. The van der Waals surface area contributed by atoms with Crippen LogP contribution in [-0.4, -0.2) is 24.0 Å². The zero-order valence-corrected chi connectivity index (χ0v) is 12.7. The fourth-order valence-corrected chi connectivity index (χ4v) is 2.89. The summed E-state index contributed by atoms with van der Waals surface area (Å²) in [6.07, 6.45) is 2.08. The number of nitrogens with zero attached hydrogens (tertiary/aromatic N) is 2. The fourth-order valence-electron chi connectivity index (χ4n) is 1.85. The highest BCUT2D eigenvalue weighted by Crippen LogP contribution is 2.13. The van der Waals surface area contributed by atoms with Gasteiger partial charge in [-0.3, -0.25) is 9.48 Å². The first-order chi connectivity index (χ1) is 9.92. The summed E-state index contributed by atoms with van der Waals surface area (Å²) >= 11 is 0. The number of benzene rings is 1. The Bertz CT molecular complexity index is 750. The number of hydrogen-bond donors (Lipinski definition) is 1. The first-order valence-corrected chi connectivity index (χ1v) is 8.02. The molecule has 0 radical (unpaired) electrons. The maximum Gasteiger partial charge on any atom is 0.240 e. The van der Waals surface area contributed by atoms with E-state index in [4.69, 9.17) is 0 Å². The zero-order valence-electron chi connectivity index (χ0n) is 11.9. The van der Waals surface area contributed by atoms with Crippen LogP contribution >= 0.6 is 0 Å². The number of nitrogens with one attached hydrogen (secondary N) is 1. The summed E-state index contributed by atoms with van der Waals surface area (Å²) in [6, 6.07) is 7.78. The molecule has 0 bridgehead atoms. The Morgan fingerprint density at radius 3 is 2.71 bits per heavy atom. The Morgan fingerprint density at radius 2 is 2.10 bits per heavy atom. The van der Waals surface area contributed by atoms with Crippen LogP contribution in [0.1, 0.15) is 29.4 Å². The molecule has 1 aromatic heterocycles. The van der Waals surface area contributed by atoms with Crippen LogP contribution in [-0.2, 0) is 23.6 Å². The first-order valence-electron chi connectivity index (χ1n) is 6.54. The summed E-state index contributed by atoms with van der Waals surface area (Å²) in [5.41, 5.74) is 1.03. The van der Waals surface area contributed by atoms with Gasteiger partial charge in [0.1, 0.15) is 0 Å². The van der Waals surface area contributed by atoms with Crippen molar-refractivity contribution in [2.24, 2.45) is 7.05 Å². The van der Waals surface area contributed by atoms with Crippen molar-refractivity contribution in [3.63, 3.8) is 0 Å². The molecule has 0 fully saturated rings. The average Bonchev–Trinajstić information content (AvgIpc) is 2.90.